The van der Waals surface area contributed by atoms with Crippen LogP contribution < -0.4 is 5.01 Å². The maximum absolute atomic E-state index is 13.7. The van der Waals surface area contributed by atoms with Crippen LogP contribution in [-0.4, -0.2) is 18.4 Å². The van der Waals surface area contributed by atoms with Crippen molar-refractivity contribution in [3.05, 3.63) is 137 Å². The molecule has 4 heteroatoms. The van der Waals surface area contributed by atoms with E-state index in [0.29, 0.717) is 0 Å². The predicted molar refractivity (Wildman–Crippen MR) is 176 cm³/mol. The van der Waals surface area contributed by atoms with Crippen molar-refractivity contribution in [1.29, 1.82) is 0 Å². The number of rotatable bonds is 10. The van der Waals surface area contributed by atoms with E-state index in [1.807, 2.05) is 29.4 Å². The SMILES string of the molecule is C=CCC(OC1CCCC2=CC3=C(CC=NN3c3ccc(F)cc3)CC21C)C(C)(Cc1ccccc1)Cc1ccccc1. The zero-order chi connectivity index (χ0) is 29.9. The van der Waals surface area contributed by atoms with E-state index in [0.717, 1.165) is 62.8 Å². The number of ether oxygens (including phenoxy) is 1. The molecule has 0 bridgehead atoms. The Balaban J connectivity index is 1.30. The molecule has 2 aliphatic carbocycles. The Morgan fingerprint density at radius 2 is 1.67 bits per heavy atom. The maximum Gasteiger partial charge on any atom is 0.123 e. The van der Waals surface area contributed by atoms with Gasteiger partial charge in [-0.2, -0.15) is 5.10 Å². The van der Waals surface area contributed by atoms with Gasteiger partial charge in [-0.1, -0.05) is 86.2 Å². The van der Waals surface area contributed by atoms with Gasteiger partial charge in [0.2, 0.25) is 0 Å². The van der Waals surface area contributed by atoms with Crippen LogP contribution in [0.5, 0.6) is 0 Å². The van der Waals surface area contributed by atoms with Crippen LogP contribution in [0.4, 0.5) is 10.1 Å². The van der Waals surface area contributed by atoms with Gasteiger partial charge >= 0.3 is 0 Å². The quantitative estimate of drug-likeness (QED) is 0.225. The Labute approximate surface area is 256 Å². The minimum absolute atomic E-state index is 0.0191. The molecule has 1 saturated carbocycles. The first-order valence-electron chi connectivity index (χ1n) is 15.7. The van der Waals surface area contributed by atoms with Crippen LogP contribution in [0.1, 0.15) is 63.5 Å². The summed E-state index contributed by atoms with van der Waals surface area (Å²) in [5.74, 6) is -0.235. The Morgan fingerprint density at radius 1 is 1.02 bits per heavy atom. The molecule has 3 nitrogen and oxygen atoms in total. The van der Waals surface area contributed by atoms with Crippen LogP contribution in [0.2, 0.25) is 0 Å². The molecule has 0 saturated heterocycles. The number of fused-ring (bicyclic) bond motifs is 1. The maximum atomic E-state index is 13.7. The zero-order valence-electron chi connectivity index (χ0n) is 25.5. The van der Waals surface area contributed by atoms with Gasteiger partial charge in [0.1, 0.15) is 5.82 Å². The van der Waals surface area contributed by atoms with Crippen LogP contribution in [-0.2, 0) is 17.6 Å². The highest BCUT2D eigenvalue weighted by molar-refractivity contribution is 5.71. The second-order valence-corrected chi connectivity index (χ2v) is 13.1. The number of hydrogen-bond donors (Lipinski definition) is 0. The topological polar surface area (TPSA) is 24.8 Å². The molecule has 43 heavy (non-hydrogen) atoms. The number of hydrazone groups is 1. The van der Waals surface area contributed by atoms with Gasteiger partial charge in [-0.05, 0) is 92.0 Å². The second kappa shape index (κ2) is 12.5. The molecular weight excluding hydrogens is 531 g/mol. The van der Waals surface area contributed by atoms with Gasteiger partial charge in [0.25, 0.3) is 0 Å². The van der Waals surface area contributed by atoms with Crippen molar-refractivity contribution in [2.45, 2.75) is 77.4 Å². The third-order valence-electron chi connectivity index (χ3n) is 9.83. The van der Waals surface area contributed by atoms with Gasteiger partial charge in [0, 0.05) is 23.5 Å². The molecule has 6 rings (SSSR count). The number of anilines is 1. The lowest BCUT2D eigenvalue weighted by Crippen LogP contribution is -2.48. The smallest absolute Gasteiger partial charge is 0.123 e. The molecule has 0 amide bonds. The summed E-state index contributed by atoms with van der Waals surface area (Å²) < 4.78 is 21.1. The standard InChI is InChI=1S/C39H43FN2O/c1-4-12-36(38(2,26-29-13-7-5-8-14-29)27-30-15-9-6-10-16-30)43-37-18-11-17-32-25-35-31(28-39(32,37)3)23-24-41-42(35)34-21-19-33(40)20-22-34/h4-10,13-16,19-22,24-25,36-37H,1,11-12,17-18,23,26-28H2,2-3H3. The fourth-order valence-corrected chi connectivity index (χ4v) is 7.51. The Kier molecular flexibility index (Phi) is 8.50. The first-order chi connectivity index (χ1) is 20.9. The summed E-state index contributed by atoms with van der Waals surface area (Å²) in [6.07, 6.45) is 14.2. The van der Waals surface area contributed by atoms with E-state index >= 15 is 0 Å². The van der Waals surface area contributed by atoms with Crippen molar-refractivity contribution in [2.24, 2.45) is 15.9 Å². The third kappa shape index (κ3) is 6.17. The van der Waals surface area contributed by atoms with Crippen LogP contribution >= 0.6 is 0 Å². The molecule has 0 aromatic heterocycles. The van der Waals surface area contributed by atoms with Crippen molar-refractivity contribution in [3.8, 4) is 0 Å². The molecule has 1 fully saturated rings. The Morgan fingerprint density at radius 3 is 2.30 bits per heavy atom. The fraction of sp³-hybridized carbons (Fsp3) is 0.359. The van der Waals surface area contributed by atoms with Crippen molar-refractivity contribution >= 4 is 11.9 Å². The molecule has 222 valence electrons. The lowest BCUT2D eigenvalue weighted by Gasteiger charge is -2.50. The van der Waals surface area contributed by atoms with Crippen LogP contribution in [0.3, 0.4) is 0 Å². The summed E-state index contributed by atoms with van der Waals surface area (Å²) in [5.41, 5.74) is 7.31. The first-order valence-corrected chi connectivity index (χ1v) is 15.7. The highest BCUT2D eigenvalue weighted by Crippen LogP contribution is 2.53. The average molecular weight is 575 g/mol. The van der Waals surface area contributed by atoms with Crippen LogP contribution in [0.15, 0.2) is 126 Å². The molecule has 3 unspecified atom stereocenters. The lowest BCUT2D eigenvalue weighted by atomic mass is 9.63. The van der Waals surface area contributed by atoms with Crippen molar-refractivity contribution in [2.75, 3.05) is 5.01 Å². The number of allylic oxidation sites excluding steroid dienone is 2. The normalized spacial score (nSPS) is 22.4. The van der Waals surface area contributed by atoms with E-state index in [1.165, 1.54) is 34.4 Å². The number of nitrogens with zero attached hydrogens (tertiary/aromatic N) is 2. The van der Waals surface area contributed by atoms with E-state index < -0.39 is 0 Å². The van der Waals surface area contributed by atoms with Gasteiger partial charge < -0.3 is 4.74 Å². The van der Waals surface area contributed by atoms with Gasteiger partial charge in [0.05, 0.1) is 23.6 Å². The molecule has 0 N–H and O–H groups in total. The van der Waals surface area contributed by atoms with Crippen molar-refractivity contribution in [3.63, 3.8) is 0 Å². The summed E-state index contributed by atoms with van der Waals surface area (Å²) in [7, 11) is 0. The minimum atomic E-state index is -0.235. The number of hydrogen-bond acceptors (Lipinski definition) is 3. The monoisotopic (exact) mass is 574 g/mol. The summed E-state index contributed by atoms with van der Waals surface area (Å²) in [4.78, 5) is 0. The highest BCUT2D eigenvalue weighted by Gasteiger charge is 2.47. The molecule has 0 spiro atoms. The second-order valence-electron chi connectivity index (χ2n) is 13.1. The molecule has 3 aromatic carbocycles. The van der Waals surface area contributed by atoms with E-state index in [4.69, 9.17) is 9.84 Å². The van der Waals surface area contributed by atoms with E-state index in [-0.39, 0.29) is 28.9 Å². The predicted octanol–water partition coefficient (Wildman–Crippen LogP) is 9.62. The van der Waals surface area contributed by atoms with Crippen molar-refractivity contribution < 1.29 is 9.13 Å². The first kappa shape index (κ1) is 29.3. The summed E-state index contributed by atoms with van der Waals surface area (Å²) in [6, 6.07) is 28.3. The third-order valence-corrected chi connectivity index (χ3v) is 9.83. The summed E-state index contributed by atoms with van der Waals surface area (Å²) >= 11 is 0. The molecule has 3 aliphatic rings. The molecule has 1 heterocycles. The molecular formula is C39H43FN2O. The van der Waals surface area contributed by atoms with Gasteiger partial charge in [0.15, 0.2) is 0 Å². The Hall–Kier alpha value is -3.76. The number of benzene rings is 3. The highest BCUT2D eigenvalue weighted by atomic mass is 19.1. The van der Waals surface area contributed by atoms with Gasteiger partial charge in [-0.3, -0.25) is 0 Å². The van der Waals surface area contributed by atoms with E-state index in [1.54, 1.807) is 0 Å². The molecule has 1 aliphatic heterocycles. The average Bonchev–Trinajstić information content (AvgIpc) is 3.01. The zero-order valence-corrected chi connectivity index (χ0v) is 25.5. The fourth-order valence-electron chi connectivity index (χ4n) is 7.51. The molecule has 3 atom stereocenters. The lowest BCUT2D eigenvalue weighted by molar-refractivity contribution is -0.123. The van der Waals surface area contributed by atoms with Crippen molar-refractivity contribution in [1.82, 2.24) is 0 Å². The van der Waals surface area contributed by atoms with E-state index in [9.17, 15) is 4.39 Å². The van der Waals surface area contributed by atoms with Gasteiger partial charge in [-0.15, -0.1) is 6.58 Å². The summed E-state index contributed by atoms with van der Waals surface area (Å²) in [5, 5.41) is 6.70. The van der Waals surface area contributed by atoms with Crippen LogP contribution in [0.25, 0.3) is 0 Å². The molecule has 0 radical (unpaired) electrons. The minimum Gasteiger partial charge on any atom is -0.373 e. The molecule has 3 aromatic rings. The summed E-state index contributed by atoms with van der Waals surface area (Å²) in [6.45, 7) is 8.99. The number of halogens is 1. The van der Waals surface area contributed by atoms with Crippen LogP contribution in [0, 0.1) is 16.6 Å². The largest absolute Gasteiger partial charge is 0.373 e. The Bertz CT molecular complexity index is 1470. The van der Waals surface area contributed by atoms with Gasteiger partial charge in [-0.25, -0.2) is 9.40 Å². The van der Waals surface area contributed by atoms with E-state index in [2.05, 4.69) is 87.2 Å².